The molecule has 0 aromatic carbocycles. The van der Waals surface area contributed by atoms with Gasteiger partial charge in [0, 0.05) is 18.8 Å². The van der Waals surface area contributed by atoms with Crippen molar-refractivity contribution in [2.45, 2.75) is 13.0 Å². The Kier molecular flexibility index (Phi) is 2.32. The van der Waals surface area contributed by atoms with Crippen LogP contribution < -0.4 is 11.1 Å². The normalized spacial score (nSPS) is 12.5. The first-order valence-corrected chi connectivity index (χ1v) is 3.64. The van der Waals surface area contributed by atoms with Crippen molar-refractivity contribution < 1.29 is 4.79 Å². The highest BCUT2D eigenvalue weighted by molar-refractivity contribution is 5.72. The number of rotatable bonds is 2. The lowest BCUT2D eigenvalue weighted by atomic mass is 10.2. The van der Waals surface area contributed by atoms with Gasteiger partial charge in [0.15, 0.2) is 0 Å². The van der Waals surface area contributed by atoms with Crippen LogP contribution in [-0.4, -0.2) is 15.8 Å². The first-order chi connectivity index (χ1) is 5.59. The average Bonchev–Trinajstić information content (AvgIpc) is 2.34. The Bertz CT molecular complexity index is 281. The Labute approximate surface area is 70.5 Å². The first kappa shape index (κ1) is 8.58. The molecular formula is C7H12N4O. The van der Waals surface area contributed by atoms with Crippen molar-refractivity contribution >= 4 is 6.03 Å². The molecule has 0 radical (unpaired) electrons. The quantitative estimate of drug-likeness (QED) is 0.659. The number of carbonyl (C=O) groups excluding carboxylic acids is 1. The number of carbonyl (C=O) groups is 1. The first-order valence-electron chi connectivity index (χ1n) is 3.64. The maximum atomic E-state index is 10.5. The number of nitrogens with one attached hydrogen (secondary N) is 1. The number of primary amides is 1. The molecule has 1 aromatic heterocycles. The molecule has 1 rings (SSSR count). The van der Waals surface area contributed by atoms with Gasteiger partial charge < -0.3 is 11.1 Å². The highest BCUT2D eigenvalue weighted by Crippen LogP contribution is 2.09. The summed E-state index contributed by atoms with van der Waals surface area (Å²) >= 11 is 0. The van der Waals surface area contributed by atoms with E-state index in [9.17, 15) is 4.79 Å². The zero-order chi connectivity index (χ0) is 9.14. The molecule has 1 atom stereocenters. The molecule has 1 aromatic rings. The average molecular weight is 168 g/mol. The summed E-state index contributed by atoms with van der Waals surface area (Å²) in [5, 5.41) is 6.53. The van der Waals surface area contributed by atoms with E-state index < -0.39 is 6.03 Å². The lowest BCUT2D eigenvalue weighted by Gasteiger charge is -2.08. The molecule has 0 saturated carbocycles. The van der Waals surface area contributed by atoms with E-state index in [4.69, 9.17) is 5.73 Å². The number of hydrogen-bond donors (Lipinski definition) is 2. The third-order valence-corrected chi connectivity index (χ3v) is 1.58. The van der Waals surface area contributed by atoms with Gasteiger partial charge in [-0.3, -0.25) is 4.68 Å². The predicted octanol–water partition coefficient (Wildman–Crippen LogP) is 0.149. The van der Waals surface area contributed by atoms with Crippen molar-refractivity contribution in [3.63, 3.8) is 0 Å². The topological polar surface area (TPSA) is 72.9 Å². The molecule has 5 heteroatoms. The monoisotopic (exact) mass is 168 g/mol. The number of urea groups is 1. The second kappa shape index (κ2) is 3.25. The summed E-state index contributed by atoms with van der Waals surface area (Å²) in [5.41, 5.74) is 5.90. The fourth-order valence-corrected chi connectivity index (χ4v) is 0.960. The molecule has 3 N–H and O–H groups in total. The molecule has 0 aliphatic carbocycles. The number of hydrogen-bond acceptors (Lipinski definition) is 2. The van der Waals surface area contributed by atoms with Crippen LogP contribution in [0.15, 0.2) is 12.4 Å². The number of aromatic nitrogens is 2. The van der Waals surface area contributed by atoms with Crippen LogP contribution in [0.5, 0.6) is 0 Å². The van der Waals surface area contributed by atoms with Crippen molar-refractivity contribution in [3.8, 4) is 0 Å². The summed E-state index contributed by atoms with van der Waals surface area (Å²) in [6.45, 7) is 1.85. The van der Waals surface area contributed by atoms with Gasteiger partial charge in [0.25, 0.3) is 0 Å². The van der Waals surface area contributed by atoms with Crippen LogP contribution in [0.25, 0.3) is 0 Å². The van der Waals surface area contributed by atoms with Crippen LogP contribution >= 0.6 is 0 Å². The van der Waals surface area contributed by atoms with E-state index >= 15 is 0 Å². The largest absolute Gasteiger partial charge is 0.352 e. The highest BCUT2D eigenvalue weighted by Gasteiger charge is 2.07. The van der Waals surface area contributed by atoms with Gasteiger partial charge in [-0.1, -0.05) is 0 Å². The van der Waals surface area contributed by atoms with Gasteiger partial charge in [0.1, 0.15) is 0 Å². The summed E-state index contributed by atoms with van der Waals surface area (Å²) < 4.78 is 1.68. The molecule has 1 unspecified atom stereocenters. The van der Waals surface area contributed by atoms with Crippen molar-refractivity contribution in [3.05, 3.63) is 18.0 Å². The summed E-state index contributed by atoms with van der Waals surface area (Å²) in [7, 11) is 1.82. The van der Waals surface area contributed by atoms with E-state index in [-0.39, 0.29) is 6.04 Å². The van der Waals surface area contributed by atoms with Crippen LogP contribution in [0.4, 0.5) is 4.79 Å². The van der Waals surface area contributed by atoms with E-state index in [1.165, 1.54) is 0 Å². The van der Waals surface area contributed by atoms with E-state index in [0.717, 1.165) is 5.56 Å². The van der Waals surface area contributed by atoms with E-state index in [1.54, 1.807) is 10.9 Å². The van der Waals surface area contributed by atoms with Crippen LogP contribution in [0, 0.1) is 0 Å². The van der Waals surface area contributed by atoms with Gasteiger partial charge in [-0.2, -0.15) is 5.10 Å². The molecule has 5 nitrogen and oxygen atoms in total. The lowest BCUT2D eigenvalue weighted by Crippen LogP contribution is -2.31. The minimum atomic E-state index is -0.522. The number of nitrogens with zero attached hydrogens (tertiary/aromatic N) is 2. The standard InChI is InChI=1S/C7H12N4O/c1-5(10-7(8)12)6-3-9-11(2)4-6/h3-5H,1-2H3,(H3,8,10,12). The molecular weight excluding hydrogens is 156 g/mol. The minimum Gasteiger partial charge on any atom is -0.352 e. The fraction of sp³-hybridized carbons (Fsp3) is 0.429. The van der Waals surface area contributed by atoms with E-state index in [1.807, 2.05) is 20.2 Å². The van der Waals surface area contributed by atoms with Crippen LogP contribution in [0.3, 0.4) is 0 Å². The van der Waals surface area contributed by atoms with Crippen molar-refractivity contribution in [1.82, 2.24) is 15.1 Å². The predicted molar refractivity (Wildman–Crippen MR) is 44.3 cm³/mol. The highest BCUT2D eigenvalue weighted by atomic mass is 16.2. The van der Waals surface area contributed by atoms with Gasteiger partial charge in [-0.25, -0.2) is 4.79 Å². The second-order valence-corrected chi connectivity index (χ2v) is 2.68. The molecule has 0 fully saturated rings. The van der Waals surface area contributed by atoms with Gasteiger partial charge in [0.2, 0.25) is 0 Å². The lowest BCUT2D eigenvalue weighted by molar-refractivity contribution is 0.246. The van der Waals surface area contributed by atoms with Gasteiger partial charge in [-0.15, -0.1) is 0 Å². The number of amides is 2. The summed E-state index contributed by atoms with van der Waals surface area (Å²) in [5.74, 6) is 0. The van der Waals surface area contributed by atoms with Crippen molar-refractivity contribution in [1.29, 1.82) is 0 Å². The van der Waals surface area contributed by atoms with Crippen molar-refractivity contribution in [2.24, 2.45) is 12.8 Å². The van der Waals surface area contributed by atoms with Crippen LogP contribution in [-0.2, 0) is 7.05 Å². The van der Waals surface area contributed by atoms with Crippen molar-refractivity contribution in [2.75, 3.05) is 0 Å². The smallest absolute Gasteiger partial charge is 0.312 e. The van der Waals surface area contributed by atoms with Crippen LogP contribution in [0.2, 0.25) is 0 Å². The molecule has 0 aliphatic rings. The molecule has 12 heavy (non-hydrogen) atoms. The number of nitrogens with two attached hydrogens (primary N) is 1. The maximum absolute atomic E-state index is 10.5. The van der Waals surface area contributed by atoms with Gasteiger partial charge in [0.05, 0.1) is 12.2 Å². The van der Waals surface area contributed by atoms with Gasteiger partial charge >= 0.3 is 6.03 Å². The zero-order valence-electron chi connectivity index (χ0n) is 7.11. The summed E-state index contributed by atoms with van der Waals surface area (Å²) in [6, 6.07) is -0.609. The zero-order valence-corrected chi connectivity index (χ0v) is 7.11. The molecule has 66 valence electrons. The SMILES string of the molecule is CC(NC(N)=O)c1cnn(C)c1. The Hall–Kier alpha value is -1.52. The molecule has 0 spiro atoms. The Morgan fingerprint density at radius 2 is 2.50 bits per heavy atom. The minimum absolute atomic E-state index is 0.0869. The maximum Gasteiger partial charge on any atom is 0.312 e. The van der Waals surface area contributed by atoms with Crippen LogP contribution in [0.1, 0.15) is 18.5 Å². The Morgan fingerprint density at radius 1 is 1.83 bits per heavy atom. The molecule has 0 bridgehead atoms. The Morgan fingerprint density at radius 3 is 2.92 bits per heavy atom. The van der Waals surface area contributed by atoms with Gasteiger partial charge in [-0.05, 0) is 6.92 Å². The Balaban J connectivity index is 2.64. The molecule has 2 amide bonds. The third-order valence-electron chi connectivity index (χ3n) is 1.58. The van der Waals surface area contributed by atoms with E-state index in [0.29, 0.717) is 0 Å². The summed E-state index contributed by atoms with van der Waals surface area (Å²) in [4.78, 5) is 10.5. The fourth-order valence-electron chi connectivity index (χ4n) is 0.960. The number of aryl methyl sites for hydroxylation is 1. The molecule has 1 heterocycles. The summed E-state index contributed by atoms with van der Waals surface area (Å²) in [6.07, 6.45) is 3.53. The molecule has 0 saturated heterocycles. The van der Waals surface area contributed by atoms with E-state index in [2.05, 4.69) is 10.4 Å². The molecule has 0 aliphatic heterocycles. The second-order valence-electron chi connectivity index (χ2n) is 2.68. The third kappa shape index (κ3) is 1.98.